The number of hydrogen-bond acceptors (Lipinski definition) is 4. The van der Waals surface area contributed by atoms with Crippen LogP contribution in [-0.2, 0) is 29.7 Å². The molecule has 1 atom stereocenters. The van der Waals surface area contributed by atoms with Gasteiger partial charge in [-0.3, -0.25) is 9.48 Å². The second-order valence-electron chi connectivity index (χ2n) is 7.16. The average molecular weight is 340 g/mol. The summed E-state index contributed by atoms with van der Waals surface area (Å²) in [5.41, 5.74) is 3.16. The second kappa shape index (κ2) is 6.96. The Kier molecular flexibility index (Phi) is 4.53. The highest BCUT2D eigenvalue weighted by Gasteiger charge is 2.34. The van der Waals surface area contributed by atoms with E-state index >= 15 is 0 Å². The molecule has 6 nitrogen and oxygen atoms in total. The van der Waals surface area contributed by atoms with Gasteiger partial charge in [-0.05, 0) is 24.3 Å². The summed E-state index contributed by atoms with van der Waals surface area (Å²) < 4.78 is 7.78. The van der Waals surface area contributed by atoms with Crippen molar-refractivity contribution in [1.29, 1.82) is 0 Å². The number of hydrogen-bond donors (Lipinski definition) is 0. The Morgan fingerprint density at radius 1 is 1.28 bits per heavy atom. The summed E-state index contributed by atoms with van der Waals surface area (Å²) in [6.45, 7) is 2.41. The van der Waals surface area contributed by atoms with Gasteiger partial charge < -0.3 is 9.64 Å². The van der Waals surface area contributed by atoms with E-state index in [4.69, 9.17) is 4.74 Å². The molecule has 2 heterocycles. The largest absolute Gasteiger partial charge is 0.376 e. The highest BCUT2D eigenvalue weighted by molar-refractivity contribution is 5.77. The average Bonchev–Trinajstić information content (AvgIpc) is 3.36. The SMILES string of the molecule is Cn1nnc2c1[C@H](COCc1ccccc1)CN(C(=O)CC1CC1)C2. The smallest absolute Gasteiger partial charge is 0.223 e. The number of benzene rings is 1. The molecule has 0 N–H and O–H groups in total. The Morgan fingerprint density at radius 3 is 2.84 bits per heavy atom. The van der Waals surface area contributed by atoms with Crippen LogP contribution in [0, 0.1) is 5.92 Å². The first kappa shape index (κ1) is 16.3. The summed E-state index contributed by atoms with van der Waals surface area (Å²) >= 11 is 0. The maximum atomic E-state index is 12.5. The van der Waals surface area contributed by atoms with Gasteiger partial charge >= 0.3 is 0 Å². The third-order valence-corrected chi connectivity index (χ3v) is 5.06. The van der Waals surface area contributed by atoms with Crippen molar-refractivity contribution in [2.24, 2.45) is 13.0 Å². The number of carbonyl (C=O) groups is 1. The van der Waals surface area contributed by atoms with Crippen LogP contribution in [-0.4, -0.2) is 39.0 Å². The van der Waals surface area contributed by atoms with Crippen molar-refractivity contribution in [3.63, 3.8) is 0 Å². The molecule has 4 rings (SSSR count). The number of nitrogens with zero attached hydrogens (tertiary/aromatic N) is 4. The number of aromatic nitrogens is 3. The number of amides is 1. The minimum Gasteiger partial charge on any atom is -0.376 e. The van der Waals surface area contributed by atoms with E-state index in [1.165, 1.54) is 12.8 Å². The molecule has 1 saturated carbocycles. The molecule has 1 fully saturated rings. The predicted molar refractivity (Wildman–Crippen MR) is 92.6 cm³/mol. The van der Waals surface area contributed by atoms with Gasteiger partial charge in [0.2, 0.25) is 5.91 Å². The molecule has 1 aromatic carbocycles. The van der Waals surface area contributed by atoms with Crippen LogP contribution in [0.2, 0.25) is 0 Å². The molecule has 132 valence electrons. The van der Waals surface area contributed by atoms with Gasteiger partial charge in [0.05, 0.1) is 25.5 Å². The number of ether oxygens (including phenoxy) is 1. The molecule has 6 heteroatoms. The lowest BCUT2D eigenvalue weighted by atomic mass is 9.98. The lowest BCUT2D eigenvalue weighted by Crippen LogP contribution is -2.40. The predicted octanol–water partition coefficient (Wildman–Crippen LogP) is 2.26. The fourth-order valence-electron chi connectivity index (χ4n) is 3.53. The summed E-state index contributed by atoms with van der Waals surface area (Å²) in [6, 6.07) is 10.1. The molecule has 25 heavy (non-hydrogen) atoms. The Hall–Kier alpha value is -2.21. The van der Waals surface area contributed by atoms with Crippen LogP contribution >= 0.6 is 0 Å². The van der Waals surface area contributed by atoms with E-state index in [1.807, 2.05) is 34.8 Å². The Labute approximate surface area is 147 Å². The van der Waals surface area contributed by atoms with E-state index in [0.717, 1.165) is 17.0 Å². The van der Waals surface area contributed by atoms with Gasteiger partial charge in [-0.1, -0.05) is 35.5 Å². The van der Waals surface area contributed by atoms with Gasteiger partial charge in [0, 0.05) is 25.9 Å². The molecule has 0 radical (unpaired) electrons. The molecule has 1 aromatic heterocycles. The van der Waals surface area contributed by atoms with E-state index in [9.17, 15) is 4.79 Å². The maximum absolute atomic E-state index is 12.5. The van der Waals surface area contributed by atoms with Gasteiger partial charge in [-0.25, -0.2) is 0 Å². The van der Waals surface area contributed by atoms with Crippen LogP contribution in [0.25, 0.3) is 0 Å². The Bertz CT molecular complexity index is 739. The fourth-order valence-corrected chi connectivity index (χ4v) is 3.53. The van der Waals surface area contributed by atoms with E-state index in [1.54, 1.807) is 0 Å². The molecular formula is C19H24N4O2. The number of aryl methyl sites for hydroxylation is 1. The zero-order valence-electron chi connectivity index (χ0n) is 14.6. The first-order chi connectivity index (χ1) is 12.2. The summed E-state index contributed by atoms with van der Waals surface area (Å²) in [5.74, 6) is 0.964. The first-order valence-electron chi connectivity index (χ1n) is 8.98. The Morgan fingerprint density at radius 2 is 2.08 bits per heavy atom. The van der Waals surface area contributed by atoms with Gasteiger partial charge in [0.1, 0.15) is 5.69 Å². The zero-order chi connectivity index (χ0) is 17.2. The minimum absolute atomic E-state index is 0.121. The molecule has 1 aliphatic carbocycles. The van der Waals surface area contributed by atoms with Crippen molar-refractivity contribution in [3.05, 3.63) is 47.3 Å². The molecule has 0 unspecified atom stereocenters. The third-order valence-electron chi connectivity index (χ3n) is 5.06. The maximum Gasteiger partial charge on any atom is 0.223 e. The van der Waals surface area contributed by atoms with Crippen molar-refractivity contribution in [1.82, 2.24) is 19.9 Å². The Balaban J connectivity index is 1.43. The van der Waals surface area contributed by atoms with Gasteiger partial charge in [-0.15, -0.1) is 5.10 Å². The van der Waals surface area contributed by atoms with Crippen molar-refractivity contribution < 1.29 is 9.53 Å². The van der Waals surface area contributed by atoms with Gasteiger partial charge in [-0.2, -0.15) is 0 Å². The second-order valence-corrected chi connectivity index (χ2v) is 7.16. The molecule has 2 aromatic rings. The highest BCUT2D eigenvalue weighted by atomic mass is 16.5. The van der Waals surface area contributed by atoms with Crippen LogP contribution < -0.4 is 0 Å². The molecular weight excluding hydrogens is 316 g/mol. The zero-order valence-corrected chi connectivity index (χ0v) is 14.6. The van der Waals surface area contributed by atoms with Crippen molar-refractivity contribution in [2.45, 2.75) is 38.3 Å². The number of carbonyl (C=O) groups excluding carboxylic acids is 1. The van der Waals surface area contributed by atoms with Crippen LogP contribution in [0.3, 0.4) is 0 Å². The van der Waals surface area contributed by atoms with Crippen molar-refractivity contribution in [3.8, 4) is 0 Å². The standard InChI is InChI=1S/C19H24N4O2/c1-22-19-16(13-25-12-15-5-3-2-4-6-15)10-23(11-17(19)20-21-22)18(24)9-14-7-8-14/h2-6,14,16H,7-13H2,1H3/t16-/m0/s1. The summed E-state index contributed by atoms with van der Waals surface area (Å²) in [6.07, 6.45) is 3.06. The van der Waals surface area contributed by atoms with Gasteiger partial charge in [0.15, 0.2) is 0 Å². The quantitative estimate of drug-likeness (QED) is 0.809. The number of fused-ring (bicyclic) bond motifs is 1. The summed E-state index contributed by atoms with van der Waals surface area (Å²) in [4.78, 5) is 14.5. The first-order valence-corrected chi connectivity index (χ1v) is 8.98. The summed E-state index contributed by atoms with van der Waals surface area (Å²) in [5, 5.41) is 8.42. The lowest BCUT2D eigenvalue weighted by Gasteiger charge is -2.32. The third kappa shape index (κ3) is 3.74. The lowest BCUT2D eigenvalue weighted by molar-refractivity contribution is -0.133. The fraction of sp³-hybridized carbons (Fsp3) is 0.526. The van der Waals surface area contributed by atoms with E-state index in [-0.39, 0.29) is 11.8 Å². The number of rotatable bonds is 6. The molecule has 2 aliphatic rings. The van der Waals surface area contributed by atoms with Crippen LogP contribution in [0.4, 0.5) is 0 Å². The molecule has 1 amide bonds. The molecule has 1 aliphatic heterocycles. The van der Waals surface area contributed by atoms with Crippen LogP contribution in [0.1, 0.15) is 42.1 Å². The van der Waals surface area contributed by atoms with Crippen molar-refractivity contribution in [2.75, 3.05) is 13.2 Å². The van der Waals surface area contributed by atoms with Crippen molar-refractivity contribution >= 4 is 5.91 Å². The van der Waals surface area contributed by atoms with Gasteiger partial charge in [0.25, 0.3) is 0 Å². The monoisotopic (exact) mass is 340 g/mol. The normalized spacial score (nSPS) is 19.7. The topological polar surface area (TPSA) is 60.2 Å². The molecule has 0 saturated heterocycles. The van der Waals surface area contributed by atoms with E-state index in [0.29, 0.717) is 38.6 Å². The van der Waals surface area contributed by atoms with E-state index in [2.05, 4.69) is 22.4 Å². The van der Waals surface area contributed by atoms with Crippen LogP contribution in [0.15, 0.2) is 30.3 Å². The van der Waals surface area contributed by atoms with Crippen LogP contribution in [0.5, 0.6) is 0 Å². The van der Waals surface area contributed by atoms with E-state index < -0.39 is 0 Å². The minimum atomic E-state index is 0.121. The highest BCUT2D eigenvalue weighted by Crippen LogP contribution is 2.34. The molecule has 0 spiro atoms. The summed E-state index contributed by atoms with van der Waals surface area (Å²) in [7, 11) is 1.91. The molecule has 0 bridgehead atoms.